The van der Waals surface area contributed by atoms with Crippen molar-refractivity contribution in [1.82, 2.24) is 15.2 Å². The summed E-state index contributed by atoms with van der Waals surface area (Å²) in [6.07, 6.45) is 0. The molecule has 0 saturated heterocycles. The van der Waals surface area contributed by atoms with Crippen LogP contribution in [0, 0.1) is 6.92 Å². The van der Waals surface area contributed by atoms with E-state index in [1.807, 2.05) is 45.3 Å². The quantitative estimate of drug-likeness (QED) is 0.721. The summed E-state index contributed by atoms with van der Waals surface area (Å²) in [7, 11) is 5.66. The molecular weight excluding hydrogens is 346 g/mol. The van der Waals surface area contributed by atoms with Gasteiger partial charge in [-0.3, -0.25) is 9.78 Å². The number of likely N-dealkylation sites (N-methyl/N-ethyl adjacent to an activating group) is 1. The summed E-state index contributed by atoms with van der Waals surface area (Å²) in [6.45, 7) is 2.40. The molecule has 1 atom stereocenters. The Morgan fingerprint density at radius 1 is 1.31 bits per heavy atom. The SMILES string of the molecule is COc1ccc2nc(C)c(C(=O)NCC(c3ccsc3)N(C)C)cc2c1. The number of nitrogens with zero attached hydrogens (tertiary/aromatic N) is 2. The number of carbonyl (C=O) groups excluding carboxylic acids is 1. The minimum atomic E-state index is -0.109. The molecule has 1 unspecified atom stereocenters. The summed E-state index contributed by atoms with van der Waals surface area (Å²) in [5, 5.41) is 8.12. The molecule has 0 aliphatic rings. The first-order valence-corrected chi connectivity index (χ1v) is 9.36. The molecule has 1 aromatic carbocycles. The zero-order chi connectivity index (χ0) is 18.7. The molecule has 0 saturated carbocycles. The molecule has 0 aliphatic carbocycles. The van der Waals surface area contributed by atoms with E-state index in [-0.39, 0.29) is 11.9 Å². The van der Waals surface area contributed by atoms with E-state index in [4.69, 9.17) is 4.74 Å². The number of fused-ring (bicyclic) bond motifs is 1. The summed E-state index contributed by atoms with van der Waals surface area (Å²) < 4.78 is 5.27. The van der Waals surface area contributed by atoms with Gasteiger partial charge in [0.15, 0.2) is 0 Å². The van der Waals surface area contributed by atoms with Gasteiger partial charge in [0.1, 0.15) is 5.75 Å². The van der Waals surface area contributed by atoms with Gasteiger partial charge in [0.05, 0.1) is 29.9 Å². The second-order valence-corrected chi connectivity index (χ2v) is 7.21. The lowest BCUT2D eigenvalue weighted by atomic mass is 10.1. The number of hydrogen-bond donors (Lipinski definition) is 1. The van der Waals surface area contributed by atoms with Crippen molar-refractivity contribution >= 4 is 28.1 Å². The molecule has 0 radical (unpaired) electrons. The fourth-order valence-corrected chi connectivity index (χ4v) is 3.66. The minimum Gasteiger partial charge on any atom is -0.497 e. The van der Waals surface area contributed by atoms with Crippen LogP contribution in [0.15, 0.2) is 41.1 Å². The van der Waals surface area contributed by atoms with Crippen molar-refractivity contribution in [3.63, 3.8) is 0 Å². The van der Waals surface area contributed by atoms with Gasteiger partial charge in [-0.15, -0.1) is 0 Å². The van der Waals surface area contributed by atoms with Gasteiger partial charge in [-0.2, -0.15) is 11.3 Å². The van der Waals surface area contributed by atoms with E-state index in [2.05, 4.69) is 32.0 Å². The third kappa shape index (κ3) is 3.86. The molecule has 2 aromatic heterocycles. The van der Waals surface area contributed by atoms with Gasteiger partial charge >= 0.3 is 0 Å². The maximum Gasteiger partial charge on any atom is 0.253 e. The third-order valence-corrected chi connectivity index (χ3v) is 5.17. The predicted molar refractivity (Wildman–Crippen MR) is 106 cm³/mol. The smallest absolute Gasteiger partial charge is 0.253 e. The highest BCUT2D eigenvalue weighted by Gasteiger charge is 2.18. The molecule has 136 valence electrons. The Bertz CT molecular complexity index is 907. The van der Waals surface area contributed by atoms with Gasteiger partial charge in [0, 0.05) is 11.9 Å². The highest BCUT2D eigenvalue weighted by molar-refractivity contribution is 7.07. The number of ether oxygens (including phenoxy) is 1. The average molecular weight is 369 g/mol. The Kier molecular flexibility index (Phi) is 5.54. The highest BCUT2D eigenvalue weighted by Crippen LogP contribution is 2.23. The Labute approximate surface area is 157 Å². The summed E-state index contributed by atoms with van der Waals surface area (Å²) >= 11 is 1.66. The van der Waals surface area contributed by atoms with E-state index in [1.165, 1.54) is 5.56 Å². The molecule has 26 heavy (non-hydrogen) atoms. The third-order valence-electron chi connectivity index (χ3n) is 4.46. The molecule has 5 nitrogen and oxygen atoms in total. The van der Waals surface area contributed by atoms with Crippen molar-refractivity contribution in [2.24, 2.45) is 0 Å². The lowest BCUT2D eigenvalue weighted by molar-refractivity contribution is 0.0941. The molecule has 0 bridgehead atoms. The topological polar surface area (TPSA) is 54.5 Å². The monoisotopic (exact) mass is 369 g/mol. The number of hydrogen-bond acceptors (Lipinski definition) is 5. The van der Waals surface area contributed by atoms with Gasteiger partial charge in [0.2, 0.25) is 0 Å². The molecule has 6 heteroatoms. The van der Waals surface area contributed by atoms with Crippen LogP contribution in [0.5, 0.6) is 5.75 Å². The van der Waals surface area contributed by atoms with E-state index in [0.717, 1.165) is 22.3 Å². The van der Waals surface area contributed by atoms with Crippen molar-refractivity contribution in [2.75, 3.05) is 27.7 Å². The van der Waals surface area contributed by atoms with E-state index in [9.17, 15) is 4.79 Å². The molecule has 3 aromatic rings. The molecule has 2 heterocycles. The van der Waals surface area contributed by atoms with E-state index in [1.54, 1.807) is 18.4 Å². The zero-order valence-electron chi connectivity index (χ0n) is 15.4. The zero-order valence-corrected chi connectivity index (χ0v) is 16.3. The molecular formula is C20H23N3O2S. The predicted octanol–water partition coefficient (Wildman–Crippen LogP) is 3.65. The summed E-state index contributed by atoms with van der Waals surface area (Å²) in [5.74, 6) is 0.640. The Morgan fingerprint density at radius 2 is 2.12 bits per heavy atom. The number of aromatic nitrogens is 1. The number of pyridine rings is 1. The Balaban J connectivity index is 1.81. The standard InChI is InChI=1S/C20H23N3O2S/c1-13-17(10-15-9-16(25-4)5-6-18(15)22-13)20(24)21-11-19(23(2)3)14-7-8-26-12-14/h5-10,12,19H,11H2,1-4H3,(H,21,24). The van der Waals surface area contributed by atoms with Gasteiger partial charge in [-0.25, -0.2) is 0 Å². The Morgan fingerprint density at radius 3 is 2.77 bits per heavy atom. The minimum absolute atomic E-state index is 0.109. The molecule has 3 rings (SSSR count). The van der Waals surface area contributed by atoms with Crippen LogP contribution in [0.3, 0.4) is 0 Å². The molecule has 1 amide bonds. The van der Waals surface area contributed by atoms with Crippen LogP contribution >= 0.6 is 11.3 Å². The van der Waals surface area contributed by atoms with Crippen LogP contribution in [-0.2, 0) is 0 Å². The summed E-state index contributed by atoms with van der Waals surface area (Å²) in [4.78, 5) is 19.4. The van der Waals surface area contributed by atoms with Crippen LogP contribution < -0.4 is 10.1 Å². The number of carbonyl (C=O) groups is 1. The van der Waals surface area contributed by atoms with Crippen LogP contribution in [0.2, 0.25) is 0 Å². The molecule has 0 spiro atoms. The molecule has 0 aliphatic heterocycles. The second kappa shape index (κ2) is 7.85. The van der Waals surface area contributed by atoms with E-state index in [0.29, 0.717) is 12.1 Å². The van der Waals surface area contributed by atoms with Crippen LogP contribution in [0.1, 0.15) is 27.7 Å². The largest absolute Gasteiger partial charge is 0.497 e. The van der Waals surface area contributed by atoms with Crippen molar-refractivity contribution in [1.29, 1.82) is 0 Å². The van der Waals surface area contributed by atoms with Crippen molar-refractivity contribution in [3.05, 3.63) is 57.9 Å². The van der Waals surface area contributed by atoms with Gasteiger partial charge in [-0.1, -0.05) is 0 Å². The van der Waals surface area contributed by atoms with Crippen molar-refractivity contribution < 1.29 is 9.53 Å². The maximum atomic E-state index is 12.8. The van der Waals surface area contributed by atoms with Crippen LogP contribution in [0.25, 0.3) is 10.9 Å². The van der Waals surface area contributed by atoms with Gasteiger partial charge in [-0.05, 0) is 67.7 Å². The van der Waals surface area contributed by atoms with Gasteiger partial charge < -0.3 is 15.0 Å². The second-order valence-electron chi connectivity index (χ2n) is 6.43. The number of thiophene rings is 1. The maximum absolute atomic E-state index is 12.8. The molecule has 0 fully saturated rings. The van der Waals surface area contributed by atoms with E-state index < -0.39 is 0 Å². The average Bonchev–Trinajstić information content (AvgIpc) is 3.14. The molecule has 1 N–H and O–H groups in total. The Hall–Kier alpha value is -2.44. The van der Waals surface area contributed by atoms with Crippen LogP contribution in [0.4, 0.5) is 0 Å². The number of benzene rings is 1. The first-order chi connectivity index (χ1) is 12.5. The fraction of sp³-hybridized carbons (Fsp3) is 0.300. The highest BCUT2D eigenvalue weighted by atomic mass is 32.1. The lowest BCUT2D eigenvalue weighted by Crippen LogP contribution is -2.34. The first-order valence-electron chi connectivity index (χ1n) is 8.41. The van der Waals surface area contributed by atoms with Crippen molar-refractivity contribution in [3.8, 4) is 5.75 Å². The number of amides is 1. The van der Waals surface area contributed by atoms with Gasteiger partial charge in [0.25, 0.3) is 5.91 Å². The normalized spacial score (nSPS) is 12.3. The summed E-state index contributed by atoms with van der Waals surface area (Å²) in [5.41, 5.74) is 3.37. The number of methoxy groups -OCH3 is 1. The first kappa shape index (κ1) is 18.4. The fourth-order valence-electron chi connectivity index (χ4n) is 2.96. The van der Waals surface area contributed by atoms with Crippen LogP contribution in [-0.4, -0.2) is 43.5 Å². The van der Waals surface area contributed by atoms with Crippen molar-refractivity contribution in [2.45, 2.75) is 13.0 Å². The lowest BCUT2D eigenvalue weighted by Gasteiger charge is -2.24. The van der Waals surface area contributed by atoms with E-state index >= 15 is 0 Å². The number of rotatable bonds is 6. The number of nitrogens with one attached hydrogen (secondary N) is 1. The number of aryl methyl sites for hydroxylation is 1. The summed E-state index contributed by atoms with van der Waals surface area (Å²) in [6, 6.07) is 9.78.